The van der Waals surface area contributed by atoms with Gasteiger partial charge in [0, 0.05) is 5.56 Å². The average Bonchev–Trinajstić information content (AvgIpc) is 2.53. The van der Waals surface area contributed by atoms with E-state index in [9.17, 15) is 0 Å². The Hall–Kier alpha value is -1.91. The summed E-state index contributed by atoms with van der Waals surface area (Å²) in [5.74, 6) is 1.77. The van der Waals surface area contributed by atoms with Crippen LogP contribution in [-0.4, -0.2) is 21.3 Å². The van der Waals surface area contributed by atoms with Crippen LogP contribution in [0.15, 0.2) is 36.4 Å². The molecule has 0 aromatic heterocycles. The number of halogens is 1. The third kappa shape index (κ3) is 3.06. The highest BCUT2D eigenvalue weighted by molar-refractivity contribution is 6.32. The fourth-order valence-corrected chi connectivity index (χ4v) is 2.52. The smallest absolute Gasteiger partial charge is 0.179 e. The highest BCUT2D eigenvalue weighted by Crippen LogP contribution is 2.39. The molecule has 0 aliphatic heterocycles. The van der Waals surface area contributed by atoms with Crippen LogP contribution in [0.5, 0.6) is 17.2 Å². The summed E-state index contributed by atoms with van der Waals surface area (Å²) < 4.78 is 15.9. The Bertz CT molecular complexity index is 631. The first kappa shape index (κ1) is 15.5. The standard InChI is InChI=1S/C16H18ClNO3/c1-19-13-7-5-4-6-11(13)15(18)10-8-12(17)16(21-3)14(9-10)20-2/h4-9,15H,18H2,1-3H3. The zero-order valence-electron chi connectivity index (χ0n) is 12.2. The molecule has 2 aromatic rings. The summed E-state index contributed by atoms with van der Waals surface area (Å²) in [6.07, 6.45) is 0. The highest BCUT2D eigenvalue weighted by atomic mass is 35.5. The topological polar surface area (TPSA) is 53.7 Å². The second-order valence-corrected chi connectivity index (χ2v) is 4.87. The van der Waals surface area contributed by atoms with Crippen LogP contribution in [0.2, 0.25) is 5.02 Å². The van der Waals surface area contributed by atoms with Crippen LogP contribution in [0.1, 0.15) is 17.2 Å². The molecule has 0 radical (unpaired) electrons. The Kier molecular flexibility index (Phi) is 4.94. The van der Waals surface area contributed by atoms with E-state index < -0.39 is 0 Å². The van der Waals surface area contributed by atoms with Crippen LogP contribution < -0.4 is 19.9 Å². The third-order valence-electron chi connectivity index (χ3n) is 3.29. The molecule has 2 N–H and O–H groups in total. The van der Waals surface area contributed by atoms with Crippen molar-refractivity contribution in [2.45, 2.75) is 6.04 Å². The first-order valence-corrected chi connectivity index (χ1v) is 6.80. The molecule has 1 atom stereocenters. The lowest BCUT2D eigenvalue weighted by Crippen LogP contribution is -2.13. The summed E-state index contributed by atoms with van der Waals surface area (Å²) in [4.78, 5) is 0. The van der Waals surface area contributed by atoms with Crippen molar-refractivity contribution in [2.24, 2.45) is 5.73 Å². The van der Waals surface area contributed by atoms with Crippen LogP contribution >= 0.6 is 11.6 Å². The number of hydrogen-bond acceptors (Lipinski definition) is 4. The Balaban J connectivity index is 2.48. The minimum Gasteiger partial charge on any atom is -0.496 e. The number of ether oxygens (including phenoxy) is 3. The van der Waals surface area contributed by atoms with Gasteiger partial charge in [0.2, 0.25) is 0 Å². The molecule has 0 spiro atoms. The van der Waals surface area contributed by atoms with E-state index in [1.165, 1.54) is 0 Å². The van der Waals surface area contributed by atoms with Gasteiger partial charge in [0.15, 0.2) is 11.5 Å². The molecule has 21 heavy (non-hydrogen) atoms. The highest BCUT2D eigenvalue weighted by Gasteiger charge is 2.18. The van der Waals surface area contributed by atoms with Gasteiger partial charge < -0.3 is 19.9 Å². The first-order valence-electron chi connectivity index (χ1n) is 6.42. The van der Waals surface area contributed by atoms with Gasteiger partial charge >= 0.3 is 0 Å². The van der Waals surface area contributed by atoms with E-state index in [0.29, 0.717) is 16.5 Å². The molecule has 2 rings (SSSR count). The van der Waals surface area contributed by atoms with Gasteiger partial charge in [-0.05, 0) is 23.8 Å². The predicted molar refractivity (Wildman–Crippen MR) is 83.6 cm³/mol. The van der Waals surface area contributed by atoms with Crippen molar-refractivity contribution in [2.75, 3.05) is 21.3 Å². The van der Waals surface area contributed by atoms with Gasteiger partial charge in [-0.2, -0.15) is 0 Å². The number of nitrogens with two attached hydrogens (primary N) is 1. The van der Waals surface area contributed by atoms with Crippen molar-refractivity contribution in [3.63, 3.8) is 0 Å². The minimum atomic E-state index is -0.376. The van der Waals surface area contributed by atoms with Gasteiger partial charge in [-0.3, -0.25) is 0 Å². The monoisotopic (exact) mass is 307 g/mol. The second kappa shape index (κ2) is 6.70. The molecule has 0 amide bonds. The molecule has 0 saturated heterocycles. The fraction of sp³-hybridized carbons (Fsp3) is 0.250. The van der Waals surface area contributed by atoms with Gasteiger partial charge in [0.1, 0.15) is 5.75 Å². The van der Waals surface area contributed by atoms with Crippen molar-refractivity contribution in [1.29, 1.82) is 0 Å². The lowest BCUT2D eigenvalue weighted by atomic mass is 9.98. The summed E-state index contributed by atoms with van der Waals surface area (Å²) >= 11 is 6.23. The summed E-state index contributed by atoms with van der Waals surface area (Å²) in [5, 5.41) is 0.456. The fourth-order valence-electron chi connectivity index (χ4n) is 2.22. The lowest BCUT2D eigenvalue weighted by Gasteiger charge is -2.18. The molecule has 112 valence electrons. The Labute approximate surface area is 129 Å². The number of rotatable bonds is 5. The number of para-hydroxylation sites is 1. The Morgan fingerprint density at radius 1 is 0.952 bits per heavy atom. The van der Waals surface area contributed by atoms with E-state index >= 15 is 0 Å². The quantitative estimate of drug-likeness (QED) is 0.919. The average molecular weight is 308 g/mol. The Morgan fingerprint density at radius 3 is 2.24 bits per heavy atom. The van der Waals surface area contributed by atoms with Crippen molar-refractivity contribution in [3.05, 3.63) is 52.5 Å². The zero-order valence-corrected chi connectivity index (χ0v) is 13.0. The van der Waals surface area contributed by atoms with E-state index in [0.717, 1.165) is 16.9 Å². The summed E-state index contributed by atoms with van der Waals surface area (Å²) in [6.45, 7) is 0. The van der Waals surface area contributed by atoms with Crippen molar-refractivity contribution < 1.29 is 14.2 Å². The van der Waals surface area contributed by atoms with Crippen LogP contribution in [0, 0.1) is 0 Å². The lowest BCUT2D eigenvalue weighted by molar-refractivity contribution is 0.354. The van der Waals surface area contributed by atoms with E-state index in [4.69, 9.17) is 31.5 Å². The van der Waals surface area contributed by atoms with Gasteiger partial charge in [-0.15, -0.1) is 0 Å². The third-order valence-corrected chi connectivity index (χ3v) is 3.57. The molecule has 5 heteroatoms. The second-order valence-electron chi connectivity index (χ2n) is 4.46. The molecular weight excluding hydrogens is 290 g/mol. The summed E-state index contributed by atoms with van der Waals surface area (Å²) in [5.41, 5.74) is 8.04. The summed E-state index contributed by atoms with van der Waals surface area (Å²) in [7, 11) is 4.73. The Morgan fingerprint density at radius 2 is 1.62 bits per heavy atom. The predicted octanol–water partition coefficient (Wildman–Crippen LogP) is 3.41. The van der Waals surface area contributed by atoms with Crippen LogP contribution in [0.3, 0.4) is 0 Å². The van der Waals surface area contributed by atoms with Crippen molar-refractivity contribution in [1.82, 2.24) is 0 Å². The van der Waals surface area contributed by atoms with E-state index in [2.05, 4.69) is 0 Å². The van der Waals surface area contributed by atoms with Crippen LogP contribution in [0.25, 0.3) is 0 Å². The SMILES string of the molecule is COc1ccccc1C(N)c1cc(Cl)c(OC)c(OC)c1. The van der Waals surface area contributed by atoms with Gasteiger partial charge in [0.05, 0.1) is 32.4 Å². The van der Waals surface area contributed by atoms with Crippen LogP contribution in [0.4, 0.5) is 0 Å². The molecule has 1 unspecified atom stereocenters. The van der Waals surface area contributed by atoms with Gasteiger partial charge in [-0.1, -0.05) is 29.8 Å². The largest absolute Gasteiger partial charge is 0.496 e. The maximum atomic E-state index is 6.34. The normalized spacial score (nSPS) is 11.9. The van der Waals surface area contributed by atoms with E-state index in [1.54, 1.807) is 27.4 Å². The molecule has 0 heterocycles. The molecular formula is C16H18ClNO3. The maximum Gasteiger partial charge on any atom is 0.179 e. The van der Waals surface area contributed by atoms with Gasteiger partial charge in [0.25, 0.3) is 0 Å². The zero-order chi connectivity index (χ0) is 15.4. The van der Waals surface area contributed by atoms with Crippen molar-refractivity contribution in [3.8, 4) is 17.2 Å². The minimum absolute atomic E-state index is 0.376. The number of hydrogen-bond donors (Lipinski definition) is 1. The van der Waals surface area contributed by atoms with Crippen molar-refractivity contribution >= 4 is 11.6 Å². The molecule has 0 aliphatic carbocycles. The molecule has 0 fully saturated rings. The maximum absolute atomic E-state index is 6.34. The van der Waals surface area contributed by atoms with Crippen LogP contribution in [-0.2, 0) is 0 Å². The van der Waals surface area contributed by atoms with E-state index in [1.807, 2.05) is 30.3 Å². The molecule has 0 bridgehead atoms. The van der Waals surface area contributed by atoms with E-state index in [-0.39, 0.29) is 6.04 Å². The molecule has 2 aromatic carbocycles. The number of benzene rings is 2. The molecule has 0 saturated carbocycles. The molecule has 4 nitrogen and oxygen atoms in total. The summed E-state index contributed by atoms with van der Waals surface area (Å²) in [6, 6.07) is 10.8. The molecule has 0 aliphatic rings. The number of methoxy groups -OCH3 is 3. The van der Waals surface area contributed by atoms with Gasteiger partial charge in [-0.25, -0.2) is 0 Å². The first-order chi connectivity index (χ1) is 10.1.